The van der Waals surface area contributed by atoms with Crippen molar-refractivity contribution in [1.82, 2.24) is 15.0 Å². The number of aromatic nitrogens is 3. The molecule has 1 N–H and O–H groups in total. The van der Waals surface area contributed by atoms with Crippen molar-refractivity contribution in [2.45, 2.75) is 32.2 Å². The molecule has 0 amide bonds. The summed E-state index contributed by atoms with van der Waals surface area (Å²) in [6.07, 6.45) is 5.34. The molecule has 0 bridgehead atoms. The zero-order chi connectivity index (χ0) is 23.8. The van der Waals surface area contributed by atoms with E-state index in [0.29, 0.717) is 30.6 Å². The van der Waals surface area contributed by atoms with Gasteiger partial charge in [0.15, 0.2) is 0 Å². The molecular formula is C27H28N6O2. The Morgan fingerprint density at radius 1 is 0.943 bits per heavy atom. The van der Waals surface area contributed by atoms with Crippen LogP contribution in [0, 0.1) is 16.0 Å². The molecule has 0 aliphatic carbocycles. The molecule has 8 nitrogen and oxygen atoms in total. The summed E-state index contributed by atoms with van der Waals surface area (Å²) in [6.45, 7) is 2.79. The Morgan fingerprint density at radius 2 is 1.66 bits per heavy atom. The minimum atomic E-state index is -0.304. The second-order valence-electron chi connectivity index (χ2n) is 9.55. The fourth-order valence-electron chi connectivity index (χ4n) is 5.66. The van der Waals surface area contributed by atoms with Crippen molar-refractivity contribution >= 4 is 28.2 Å². The number of aromatic amines is 1. The number of nitro groups is 1. The van der Waals surface area contributed by atoms with Gasteiger partial charge in [0.2, 0.25) is 11.6 Å². The third kappa shape index (κ3) is 4.09. The Bertz CT molecular complexity index is 1360. The van der Waals surface area contributed by atoms with Crippen LogP contribution in [0.1, 0.15) is 29.7 Å². The molecule has 4 aromatic rings. The normalized spacial score (nSPS) is 16.5. The van der Waals surface area contributed by atoms with Gasteiger partial charge in [0.1, 0.15) is 6.33 Å². The van der Waals surface area contributed by atoms with Gasteiger partial charge in [-0.25, -0.2) is 9.97 Å². The highest BCUT2D eigenvalue weighted by molar-refractivity contribution is 5.85. The van der Waals surface area contributed by atoms with Gasteiger partial charge in [-0.05, 0) is 48.8 Å². The van der Waals surface area contributed by atoms with Crippen LogP contribution in [-0.4, -0.2) is 39.5 Å². The number of H-pyrrole nitrogens is 1. The van der Waals surface area contributed by atoms with Crippen LogP contribution < -0.4 is 9.80 Å². The van der Waals surface area contributed by atoms with Crippen molar-refractivity contribution in [3.63, 3.8) is 0 Å². The number of fused-ring (bicyclic) bond motifs is 3. The fraction of sp³-hybridized carbons (Fsp3) is 0.333. The quantitative estimate of drug-likeness (QED) is 0.331. The Kier molecular flexibility index (Phi) is 5.56. The van der Waals surface area contributed by atoms with E-state index in [-0.39, 0.29) is 10.6 Å². The van der Waals surface area contributed by atoms with Crippen LogP contribution in [0.4, 0.5) is 17.3 Å². The van der Waals surface area contributed by atoms with Crippen molar-refractivity contribution in [2.24, 2.45) is 5.92 Å². The summed E-state index contributed by atoms with van der Waals surface area (Å²) in [5.74, 6) is 1.44. The van der Waals surface area contributed by atoms with Gasteiger partial charge in [-0.15, -0.1) is 0 Å². The predicted octanol–water partition coefficient (Wildman–Crippen LogP) is 4.89. The molecule has 0 spiro atoms. The smallest absolute Gasteiger partial charge is 0.353 e. The summed E-state index contributed by atoms with van der Waals surface area (Å²) in [6, 6.07) is 18.8. The molecule has 0 unspecified atom stereocenters. The fourth-order valence-corrected chi connectivity index (χ4v) is 5.66. The molecule has 0 radical (unpaired) electrons. The molecule has 2 aromatic carbocycles. The van der Waals surface area contributed by atoms with Crippen LogP contribution >= 0.6 is 0 Å². The van der Waals surface area contributed by atoms with Crippen LogP contribution in [0.25, 0.3) is 10.9 Å². The molecule has 2 aliphatic rings. The molecule has 4 heterocycles. The number of anilines is 2. The number of piperidine rings is 1. The maximum absolute atomic E-state index is 12.3. The van der Waals surface area contributed by atoms with Gasteiger partial charge in [0.05, 0.1) is 11.5 Å². The molecule has 1 fully saturated rings. The van der Waals surface area contributed by atoms with Gasteiger partial charge >= 0.3 is 5.69 Å². The largest absolute Gasteiger partial charge is 0.357 e. The first kappa shape index (κ1) is 21.6. The van der Waals surface area contributed by atoms with E-state index >= 15 is 0 Å². The van der Waals surface area contributed by atoms with Crippen molar-refractivity contribution in [2.75, 3.05) is 29.4 Å². The van der Waals surface area contributed by atoms with E-state index < -0.39 is 0 Å². The first-order valence-electron chi connectivity index (χ1n) is 12.3. The van der Waals surface area contributed by atoms with Crippen molar-refractivity contribution in [3.8, 4) is 0 Å². The number of rotatable bonds is 5. The van der Waals surface area contributed by atoms with Gasteiger partial charge in [0, 0.05) is 36.2 Å². The van der Waals surface area contributed by atoms with Crippen LogP contribution in [0.2, 0.25) is 0 Å². The minimum Gasteiger partial charge on any atom is -0.357 e. The lowest BCUT2D eigenvalue weighted by atomic mass is 9.90. The van der Waals surface area contributed by atoms with E-state index in [9.17, 15) is 10.1 Å². The zero-order valence-electron chi connectivity index (χ0n) is 19.6. The second kappa shape index (κ2) is 9.02. The molecule has 2 aromatic heterocycles. The maximum atomic E-state index is 12.3. The van der Waals surface area contributed by atoms with Crippen LogP contribution in [0.3, 0.4) is 0 Å². The lowest BCUT2D eigenvalue weighted by Crippen LogP contribution is -2.36. The van der Waals surface area contributed by atoms with Crippen molar-refractivity contribution < 1.29 is 4.92 Å². The number of nitrogens with one attached hydrogen (secondary N) is 1. The highest BCUT2D eigenvalue weighted by Gasteiger charge is 2.33. The molecule has 1 saturated heterocycles. The standard InChI is InChI=1S/C27H28N6O2/c34-33(35)25-26(31-13-10-20(11-14-31)16-19-6-2-1-3-7-19)28-18-29-27(25)32-15-12-22-21-8-4-5-9-23(21)30-24(22)17-32/h1-9,18,20,30H,10-17H2. The Hall–Kier alpha value is -3.94. The van der Waals surface area contributed by atoms with Gasteiger partial charge in [-0.3, -0.25) is 10.1 Å². The van der Waals surface area contributed by atoms with E-state index in [0.717, 1.165) is 50.0 Å². The third-order valence-electron chi connectivity index (χ3n) is 7.43. The summed E-state index contributed by atoms with van der Waals surface area (Å²) in [5.41, 5.74) is 4.88. The number of hydrogen-bond acceptors (Lipinski definition) is 6. The monoisotopic (exact) mass is 468 g/mol. The minimum absolute atomic E-state index is 0.0218. The molecule has 35 heavy (non-hydrogen) atoms. The highest BCUT2D eigenvalue weighted by Crippen LogP contribution is 2.38. The molecule has 2 aliphatic heterocycles. The lowest BCUT2D eigenvalue weighted by Gasteiger charge is -2.33. The average Bonchev–Trinajstić information content (AvgIpc) is 3.27. The molecule has 0 atom stereocenters. The number of para-hydroxylation sites is 1. The summed E-state index contributed by atoms with van der Waals surface area (Å²) in [4.78, 5) is 28.4. The average molecular weight is 469 g/mol. The predicted molar refractivity (Wildman–Crippen MR) is 137 cm³/mol. The van der Waals surface area contributed by atoms with Crippen molar-refractivity contribution in [3.05, 3.63) is 87.9 Å². The SMILES string of the molecule is O=[N+]([O-])c1c(N2CCC(Cc3ccccc3)CC2)ncnc1N1CCc2c([nH]c3ccccc23)C1. The van der Waals surface area contributed by atoms with Crippen molar-refractivity contribution in [1.29, 1.82) is 0 Å². The van der Waals surface area contributed by atoms with Crippen LogP contribution in [0.5, 0.6) is 0 Å². The number of nitrogens with zero attached hydrogens (tertiary/aromatic N) is 5. The first-order chi connectivity index (χ1) is 17.2. The van der Waals surface area contributed by atoms with Crippen LogP contribution in [0.15, 0.2) is 60.9 Å². The van der Waals surface area contributed by atoms with Gasteiger partial charge < -0.3 is 14.8 Å². The second-order valence-corrected chi connectivity index (χ2v) is 9.55. The van der Waals surface area contributed by atoms with E-state index in [1.54, 1.807) is 0 Å². The summed E-state index contributed by atoms with van der Waals surface area (Å²) in [5, 5.41) is 13.5. The van der Waals surface area contributed by atoms with Gasteiger partial charge in [0.25, 0.3) is 0 Å². The molecule has 8 heteroatoms. The molecular weight excluding hydrogens is 440 g/mol. The Labute approximate surface area is 203 Å². The van der Waals surface area contributed by atoms with E-state index in [4.69, 9.17) is 0 Å². The van der Waals surface area contributed by atoms with E-state index in [1.165, 1.54) is 22.8 Å². The number of benzene rings is 2. The Balaban J connectivity index is 1.23. The number of hydrogen-bond donors (Lipinski definition) is 1. The van der Waals surface area contributed by atoms with E-state index in [2.05, 4.69) is 56.3 Å². The molecule has 178 valence electrons. The van der Waals surface area contributed by atoms with Crippen LogP contribution in [-0.2, 0) is 19.4 Å². The highest BCUT2D eigenvalue weighted by atomic mass is 16.6. The first-order valence-corrected chi connectivity index (χ1v) is 12.3. The summed E-state index contributed by atoms with van der Waals surface area (Å²) < 4.78 is 0. The van der Waals surface area contributed by atoms with Gasteiger partial charge in [-0.1, -0.05) is 48.5 Å². The Morgan fingerprint density at radius 3 is 2.43 bits per heavy atom. The molecule has 0 saturated carbocycles. The third-order valence-corrected chi connectivity index (χ3v) is 7.43. The van der Waals surface area contributed by atoms with Gasteiger partial charge in [-0.2, -0.15) is 0 Å². The van der Waals surface area contributed by atoms with E-state index in [1.807, 2.05) is 23.1 Å². The zero-order valence-corrected chi connectivity index (χ0v) is 19.6. The topological polar surface area (TPSA) is 91.2 Å². The summed E-state index contributed by atoms with van der Waals surface area (Å²) in [7, 11) is 0. The maximum Gasteiger partial charge on any atom is 0.353 e. The lowest BCUT2D eigenvalue weighted by molar-refractivity contribution is -0.383. The summed E-state index contributed by atoms with van der Waals surface area (Å²) >= 11 is 0. The molecule has 6 rings (SSSR count).